The maximum atomic E-state index is 12.9. The van der Waals surface area contributed by atoms with Gasteiger partial charge in [0.2, 0.25) is 5.91 Å². The Hall–Kier alpha value is -1.78. The number of nitrogens with zero attached hydrogens (tertiary/aromatic N) is 4. The first kappa shape index (κ1) is 35.2. The summed E-state index contributed by atoms with van der Waals surface area (Å²) in [5.74, 6) is -2.05. The Kier molecular flexibility index (Phi) is 12.4. The Balaban J connectivity index is 0.00000380. The van der Waals surface area contributed by atoms with E-state index in [2.05, 4.69) is 15.3 Å². The van der Waals surface area contributed by atoms with Gasteiger partial charge in [-0.2, -0.15) is 0 Å². The summed E-state index contributed by atoms with van der Waals surface area (Å²) in [4.78, 5) is 29.6. The van der Waals surface area contributed by atoms with Gasteiger partial charge in [-0.25, -0.2) is 16.8 Å². The molecule has 1 saturated heterocycles. The van der Waals surface area contributed by atoms with E-state index < -0.39 is 48.2 Å². The predicted octanol–water partition coefficient (Wildman–Crippen LogP) is -6.28. The Bertz CT molecular complexity index is 1470. The first-order valence-corrected chi connectivity index (χ1v) is 13.5. The third-order valence-electron chi connectivity index (χ3n) is 5.27. The van der Waals surface area contributed by atoms with Gasteiger partial charge in [0.05, 0.1) is 37.6 Å². The number of anilines is 1. The Morgan fingerprint density at radius 1 is 1.18 bits per heavy atom. The smallest absolute Gasteiger partial charge is 0.748 e. The average molecular weight is 598 g/mol. The fraction of sp³-hybridized carbons (Fsp3) is 0.333. The number of amidine groups is 1. The van der Waals surface area contributed by atoms with Crippen LogP contribution in [0.4, 0.5) is 5.69 Å². The zero-order chi connectivity index (χ0) is 27.6. The van der Waals surface area contributed by atoms with E-state index in [1.165, 1.54) is 24.3 Å². The molecule has 18 heteroatoms. The Morgan fingerprint density at radius 3 is 2.33 bits per heavy atom. The molecule has 0 aliphatic carbocycles. The van der Waals surface area contributed by atoms with Gasteiger partial charge >= 0.3 is 65.0 Å². The molecule has 2 amide bonds. The molecule has 39 heavy (non-hydrogen) atoms. The van der Waals surface area contributed by atoms with Gasteiger partial charge in [0.15, 0.2) is 5.88 Å². The summed E-state index contributed by atoms with van der Waals surface area (Å²) in [6, 6.07) is 4.45. The zero-order valence-electron chi connectivity index (χ0n) is 21.6. The maximum Gasteiger partial charge on any atom is 1.00 e. The van der Waals surface area contributed by atoms with Crippen LogP contribution in [0, 0.1) is 6.57 Å². The van der Waals surface area contributed by atoms with Gasteiger partial charge in [-0.3, -0.25) is 9.59 Å². The average Bonchev–Trinajstić information content (AvgIpc) is 3.26. The topological polar surface area (TPSA) is 193 Å². The molecular formula is C21H21N5Na2O9S2. The van der Waals surface area contributed by atoms with Gasteiger partial charge < -0.3 is 28.9 Å². The molecule has 0 atom stereocenters. The number of carbonyl (C=O) groups excluding carboxylic acids is 2. The number of rotatable bonds is 8. The molecule has 1 fully saturated rings. The van der Waals surface area contributed by atoms with E-state index in [4.69, 9.17) is 11.3 Å². The van der Waals surface area contributed by atoms with Gasteiger partial charge in [0.25, 0.3) is 5.91 Å². The largest absolute Gasteiger partial charge is 1.00 e. The number of benzene rings is 1. The van der Waals surface area contributed by atoms with E-state index >= 15 is 0 Å². The fourth-order valence-corrected chi connectivity index (χ4v) is 4.19. The number of nitrogens with one attached hydrogen (secondary N) is 1. The normalized spacial score (nSPS) is 18.6. The molecule has 0 saturated carbocycles. The molecule has 0 spiro atoms. The first-order chi connectivity index (χ1) is 17.1. The summed E-state index contributed by atoms with van der Waals surface area (Å²) in [6.07, 6.45) is 2.68. The van der Waals surface area contributed by atoms with E-state index in [-0.39, 0.29) is 102 Å². The van der Waals surface area contributed by atoms with Crippen molar-refractivity contribution in [1.29, 1.82) is 0 Å². The number of carbonyl (C=O) groups is 2. The summed E-state index contributed by atoms with van der Waals surface area (Å²) in [6.45, 7) is 10.5. The van der Waals surface area contributed by atoms with E-state index in [1.807, 2.05) is 0 Å². The Morgan fingerprint density at radius 2 is 1.79 bits per heavy atom. The van der Waals surface area contributed by atoms with Crippen molar-refractivity contribution >= 4 is 43.6 Å². The molecule has 3 rings (SSSR count). The van der Waals surface area contributed by atoms with Crippen LogP contribution in [0.15, 0.2) is 57.9 Å². The number of allylic oxidation sites excluding steroid dienone is 2. The third-order valence-corrected chi connectivity index (χ3v) is 6.83. The summed E-state index contributed by atoms with van der Waals surface area (Å²) in [7, 11) is -9.16. The molecule has 2 aliphatic heterocycles. The summed E-state index contributed by atoms with van der Waals surface area (Å²) >= 11 is 0. The molecule has 198 valence electrons. The van der Waals surface area contributed by atoms with Crippen LogP contribution in [0.25, 0.3) is 4.85 Å². The molecule has 0 aromatic heterocycles. The van der Waals surface area contributed by atoms with Crippen molar-refractivity contribution < 1.29 is 99.4 Å². The number of amides is 2. The molecule has 2 aliphatic rings. The molecule has 14 nitrogen and oxygen atoms in total. The summed E-state index contributed by atoms with van der Waals surface area (Å²) in [5.41, 5.74) is -0.620. The standard InChI is InChI=1S/C21H23N5O9S2.2Na/c1-21(2)13-35-18(25(21)12-17(27)23-10-11-36(29,30)31)9-8-16-19(22-3)24-26(20(16)28)14-4-6-15(7-5-14)37(32,33)34;;/h4-9H,10-13H2,1-2H3,(H,23,27)(H,29,30,31)(H,32,33,34);;/q;2*+1/p-2. The van der Waals surface area contributed by atoms with Crippen LogP contribution in [0.3, 0.4) is 0 Å². The minimum atomic E-state index is -4.68. The van der Waals surface area contributed by atoms with Crippen molar-refractivity contribution in [2.75, 3.05) is 30.5 Å². The second kappa shape index (κ2) is 13.7. The molecule has 0 bridgehead atoms. The van der Waals surface area contributed by atoms with Crippen molar-refractivity contribution in [3.63, 3.8) is 0 Å². The molecule has 1 aromatic rings. The second-order valence-electron chi connectivity index (χ2n) is 8.48. The van der Waals surface area contributed by atoms with Crippen LogP contribution in [0.5, 0.6) is 0 Å². The maximum absolute atomic E-state index is 12.9. The second-order valence-corrected chi connectivity index (χ2v) is 11.4. The number of hydrogen-bond donors (Lipinski definition) is 1. The summed E-state index contributed by atoms with van der Waals surface area (Å²) in [5, 5.41) is 7.18. The fourth-order valence-electron chi connectivity index (χ4n) is 3.37. The van der Waals surface area contributed by atoms with Crippen LogP contribution < -0.4 is 69.4 Å². The van der Waals surface area contributed by atoms with Gasteiger partial charge in [-0.15, -0.1) is 5.01 Å². The molecule has 1 N–H and O–H groups in total. The van der Waals surface area contributed by atoms with Crippen molar-refractivity contribution in [3.05, 3.63) is 59.3 Å². The van der Waals surface area contributed by atoms with E-state index in [0.717, 1.165) is 17.1 Å². The molecule has 0 unspecified atom stereocenters. The zero-order valence-corrected chi connectivity index (χ0v) is 27.2. The third kappa shape index (κ3) is 9.11. The van der Waals surface area contributed by atoms with Gasteiger partial charge in [-0.05, 0) is 49.3 Å². The van der Waals surface area contributed by atoms with Crippen LogP contribution >= 0.6 is 0 Å². The van der Waals surface area contributed by atoms with Crippen LogP contribution in [-0.4, -0.2) is 79.5 Å². The monoisotopic (exact) mass is 597 g/mol. The Labute approximate surface area is 270 Å². The van der Waals surface area contributed by atoms with E-state index in [9.17, 15) is 35.5 Å². The van der Waals surface area contributed by atoms with E-state index in [0.29, 0.717) is 0 Å². The van der Waals surface area contributed by atoms with Crippen LogP contribution in [0.1, 0.15) is 13.8 Å². The molecule has 2 heterocycles. The number of ether oxygens (including phenoxy) is 1. The molecular weight excluding hydrogens is 576 g/mol. The van der Waals surface area contributed by atoms with Crippen LogP contribution in [0.2, 0.25) is 0 Å². The SMILES string of the molecule is [C-]#[N+]C1=NN(c2ccc(S(=O)(=O)[O-])cc2)C(=O)C1=CC=C1OCC(C)(C)N1CC(=O)NCCS(=O)(=O)[O-].[Na+].[Na+]. The van der Waals surface area contributed by atoms with Crippen molar-refractivity contribution in [1.82, 2.24) is 10.2 Å². The predicted molar refractivity (Wildman–Crippen MR) is 126 cm³/mol. The van der Waals surface area contributed by atoms with Crippen molar-refractivity contribution in [3.8, 4) is 0 Å². The van der Waals surface area contributed by atoms with Crippen molar-refractivity contribution in [2.24, 2.45) is 5.10 Å². The van der Waals surface area contributed by atoms with Crippen molar-refractivity contribution in [2.45, 2.75) is 24.3 Å². The van der Waals surface area contributed by atoms with Crippen LogP contribution in [-0.2, 0) is 34.6 Å². The minimum Gasteiger partial charge on any atom is -0.748 e. The summed E-state index contributed by atoms with van der Waals surface area (Å²) < 4.78 is 71.2. The van der Waals surface area contributed by atoms with E-state index in [1.54, 1.807) is 18.7 Å². The van der Waals surface area contributed by atoms with Gasteiger partial charge in [-0.1, -0.05) is 12.6 Å². The number of hydrogen-bond acceptors (Lipinski definition) is 11. The minimum absolute atomic E-state index is 0. The first-order valence-electron chi connectivity index (χ1n) is 10.5. The quantitative estimate of drug-likeness (QED) is 0.130. The molecule has 0 radical (unpaired) electrons. The van der Waals surface area contributed by atoms with Gasteiger partial charge in [0, 0.05) is 6.54 Å². The molecule has 1 aromatic carbocycles. The number of hydrazone groups is 1. The van der Waals surface area contributed by atoms with Gasteiger partial charge in [0.1, 0.15) is 23.3 Å².